The van der Waals surface area contributed by atoms with Crippen LogP contribution in [0.25, 0.3) is 0 Å². The van der Waals surface area contributed by atoms with Crippen LogP contribution in [0.4, 0.5) is 4.39 Å². The molecule has 0 spiro atoms. The van der Waals surface area contributed by atoms with E-state index < -0.39 is 5.54 Å². The Bertz CT molecular complexity index is 788. The molecule has 134 valence electrons. The second kappa shape index (κ2) is 8.01. The zero-order valence-electron chi connectivity index (χ0n) is 14.5. The van der Waals surface area contributed by atoms with Crippen LogP contribution in [-0.4, -0.2) is 12.5 Å². The van der Waals surface area contributed by atoms with Crippen LogP contribution in [0.1, 0.15) is 36.8 Å². The van der Waals surface area contributed by atoms with Gasteiger partial charge in [0.05, 0.1) is 18.0 Å². The van der Waals surface area contributed by atoms with Gasteiger partial charge < -0.3 is 10.1 Å². The number of nitriles is 1. The molecule has 0 aromatic heterocycles. The molecular weight excluding hydrogens is 331 g/mol. The maximum atomic E-state index is 13.2. The number of halogens is 1. The van der Waals surface area contributed by atoms with Gasteiger partial charge in [0.1, 0.15) is 11.6 Å². The summed E-state index contributed by atoms with van der Waals surface area (Å²) in [5.41, 5.74) is 1.40. The highest BCUT2D eigenvalue weighted by molar-refractivity contribution is 5.78. The van der Waals surface area contributed by atoms with E-state index in [0.29, 0.717) is 12.2 Å². The molecule has 0 unspecified atom stereocenters. The highest BCUT2D eigenvalue weighted by atomic mass is 19.1. The highest BCUT2D eigenvalue weighted by Crippen LogP contribution is 2.38. The second-order valence-electron chi connectivity index (χ2n) is 6.61. The van der Waals surface area contributed by atoms with Gasteiger partial charge in [-0.05, 0) is 48.2 Å². The van der Waals surface area contributed by atoms with Gasteiger partial charge in [0, 0.05) is 0 Å². The SMILES string of the molecule is N#CCc1ccc(OCC(=O)NC2(c3ccc(F)cc3)CCCC2)cc1. The molecule has 2 aromatic rings. The minimum Gasteiger partial charge on any atom is -0.484 e. The quantitative estimate of drug-likeness (QED) is 0.859. The third-order valence-electron chi connectivity index (χ3n) is 4.81. The Kier molecular flexibility index (Phi) is 5.52. The number of rotatable bonds is 6. The number of benzene rings is 2. The summed E-state index contributed by atoms with van der Waals surface area (Å²) in [6.07, 6.45) is 4.08. The third kappa shape index (κ3) is 4.20. The minimum atomic E-state index is -0.440. The van der Waals surface area contributed by atoms with Crippen molar-refractivity contribution in [2.75, 3.05) is 6.61 Å². The summed E-state index contributed by atoms with van der Waals surface area (Å²) in [7, 11) is 0. The molecule has 1 saturated carbocycles. The van der Waals surface area contributed by atoms with Gasteiger partial charge in [0.25, 0.3) is 5.91 Å². The van der Waals surface area contributed by atoms with Gasteiger partial charge in [0.15, 0.2) is 6.61 Å². The molecule has 4 nitrogen and oxygen atoms in total. The smallest absolute Gasteiger partial charge is 0.258 e. The first-order chi connectivity index (χ1) is 12.6. The molecule has 1 N–H and O–H groups in total. The Morgan fingerprint density at radius 3 is 2.38 bits per heavy atom. The molecule has 0 aliphatic heterocycles. The van der Waals surface area contributed by atoms with Crippen LogP contribution in [0.3, 0.4) is 0 Å². The van der Waals surface area contributed by atoms with Gasteiger partial charge in [-0.1, -0.05) is 37.1 Å². The zero-order valence-corrected chi connectivity index (χ0v) is 14.5. The summed E-state index contributed by atoms with van der Waals surface area (Å²) in [5.74, 6) is 0.109. The summed E-state index contributed by atoms with van der Waals surface area (Å²) in [5, 5.41) is 11.8. The molecule has 3 rings (SSSR count). The largest absolute Gasteiger partial charge is 0.484 e. The maximum absolute atomic E-state index is 13.2. The fourth-order valence-corrected chi connectivity index (χ4v) is 3.48. The Morgan fingerprint density at radius 2 is 1.77 bits per heavy atom. The molecule has 1 aliphatic rings. The van der Waals surface area contributed by atoms with Crippen LogP contribution in [0.5, 0.6) is 5.75 Å². The zero-order chi connectivity index (χ0) is 18.4. The number of hydrogen-bond acceptors (Lipinski definition) is 3. The van der Waals surface area contributed by atoms with Gasteiger partial charge in [-0.15, -0.1) is 0 Å². The molecule has 1 fully saturated rings. The molecule has 0 saturated heterocycles. The van der Waals surface area contributed by atoms with Gasteiger partial charge in [0.2, 0.25) is 0 Å². The number of hydrogen-bond donors (Lipinski definition) is 1. The van der Waals surface area contributed by atoms with Crippen LogP contribution in [0.15, 0.2) is 48.5 Å². The van der Waals surface area contributed by atoms with E-state index in [2.05, 4.69) is 11.4 Å². The highest BCUT2D eigenvalue weighted by Gasteiger charge is 2.37. The fourth-order valence-electron chi connectivity index (χ4n) is 3.48. The second-order valence-corrected chi connectivity index (χ2v) is 6.61. The Morgan fingerprint density at radius 1 is 1.12 bits per heavy atom. The van der Waals surface area contributed by atoms with Crippen molar-refractivity contribution in [1.29, 1.82) is 5.26 Å². The Hall–Kier alpha value is -2.87. The van der Waals surface area contributed by atoms with E-state index in [-0.39, 0.29) is 18.3 Å². The molecule has 1 amide bonds. The molecular formula is C21H21FN2O2. The predicted molar refractivity (Wildman–Crippen MR) is 95.9 cm³/mol. The van der Waals surface area contributed by atoms with Crippen molar-refractivity contribution in [3.63, 3.8) is 0 Å². The van der Waals surface area contributed by atoms with E-state index >= 15 is 0 Å². The van der Waals surface area contributed by atoms with Crippen LogP contribution in [0, 0.1) is 17.1 Å². The summed E-state index contributed by atoms with van der Waals surface area (Å²) < 4.78 is 18.8. The van der Waals surface area contributed by atoms with E-state index in [1.165, 1.54) is 12.1 Å². The van der Waals surface area contributed by atoms with Crippen LogP contribution < -0.4 is 10.1 Å². The van der Waals surface area contributed by atoms with Crippen molar-refractivity contribution in [1.82, 2.24) is 5.32 Å². The maximum Gasteiger partial charge on any atom is 0.258 e. The molecule has 1 aliphatic carbocycles. The number of nitrogens with one attached hydrogen (secondary N) is 1. The standard InChI is InChI=1S/C21H21FN2O2/c22-18-7-5-17(6-8-18)21(12-1-2-13-21)24-20(25)15-26-19-9-3-16(4-10-19)11-14-23/h3-10H,1-2,11-13,15H2,(H,24,25). The molecule has 26 heavy (non-hydrogen) atoms. The van der Waals surface area contributed by atoms with E-state index in [9.17, 15) is 9.18 Å². The van der Waals surface area contributed by atoms with E-state index in [1.54, 1.807) is 24.3 Å². The molecule has 0 bridgehead atoms. The number of carbonyl (C=O) groups excluding carboxylic acids is 1. The lowest BCUT2D eigenvalue weighted by Crippen LogP contribution is -2.45. The molecule has 2 aromatic carbocycles. The number of ether oxygens (including phenoxy) is 1. The van der Waals surface area contributed by atoms with Crippen molar-refractivity contribution in [2.24, 2.45) is 0 Å². The van der Waals surface area contributed by atoms with Gasteiger partial charge >= 0.3 is 0 Å². The predicted octanol–water partition coefficient (Wildman–Crippen LogP) is 3.86. The van der Waals surface area contributed by atoms with Gasteiger partial charge in [-0.25, -0.2) is 4.39 Å². The van der Waals surface area contributed by atoms with E-state index in [0.717, 1.165) is 36.8 Å². The average Bonchev–Trinajstić information content (AvgIpc) is 3.11. The fraction of sp³-hybridized carbons (Fsp3) is 0.333. The van der Waals surface area contributed by atoms with Crippen molar-refractivity contribution in [3.05, 3.63) is 65.5 Å². The number of nitrogens with zero attached hydrogens (tertiary/aromatic N) is 1. The topological polar surface area (TPSA) is 62.1 Å². The van der Waals surface area contributed by atoms with E-state index in [4.69, 9.17) is 10.00 Å². The summed E-state index contributed by atoms with van der Waals surface area (Å²) >= 11 is 0. The van der Waals surface area contributed by atoms with E-state index in [1.807, 2.05) is 12.1 Å². The first kappa shape index (κ1) is 17.9. The lowest BCUT2D eigenvalue weighted by atomic mass is 9.88. The third-order valence-corrected chi connectivity index (χ3v) is 4.81. The summed E-state index contributed by atoms with van der Waals surface area (Å²) in [4.78, 5) is 12.4. The molecule has 0 radical (unpaired) electrons. The van der Waals surface area contributed by atoms with Crippen molar-refractivity contribution in [3.8, 4) is 11.8 Å². The first-order valence-electron chi connectivity index (χ1n) is 8.77. The lowest BCUT2D eigenvalue weighted by molar-refractivity contribution is -0.125. The Balaban J connectivity index is 1.62. The number of carbonyl (C=O) groups is 1. The van der Waals surface area contributed by atoms with Crippen LogP contribution in [-0.2, 0) is 16.8 Å². The van der Waals surface area contributed by atoms with Gasteiger partial charge in [-0.2, -0.15) is 5.26 Å². The van der Waals surface area contributed by atoms with Crippen LogP contribution in [0.2, 0.25) is 0 Å². The lowest BCUT2D eigenvalue weighted by Gasteiger charge is -2.31. The average molecular weight is 352 g/mol. The first-order valence-corrected chi connectivity index (χ1v) is 8.77. The molecule has 5 heteroatoms. The van der Waals surface area contributed by atoms with Crippen molar-refractivity contribution < 1.29 is 13.9 Å². The van der Waals surface area contributed by atoms with Crippen molar-refractivity contribution >= 4 is 5.91 Å². The normalized spacial score (nSPS) is 15.2. The summed E-state index contributed by atoms with van der Waals surface area (Å²) in [6.45, 7) is -0.0828. The molecule has 0 heterocycles. The monoisotopic (exact) mass is 352 g/mol. The number of amides is 1. The Labute approximate surface area is 152 Å². The van der Waals surface area contributed by atoms with Crippen molar-refractivity contribution in [2.45, 2.75) is 37.6 Å². The minimum absolute atomic E-state index is 0.0828. The summed E-state index contributed by atoms with van der Waals surface area (Å²) in [6, 6.07) is 15.6. The van der Waals surface area contributed by atoms with Gasteiger partial charge in [-0.3, -0.25) is 4.79 Å². The molecule has 0 atom stereocenters. The van der Waals surface area contributed by atoms with Crippen LogP contribution >= 0.6 is 0 Å².